The van der Waals surface area contributed by atoms with Crippen LogP contribution in [-0.4, -0.2) is 5.78 Å². The fourth-order valence-electron chi connectivity index (χ4n) is 1.61. The summed E-state index contributed by atoms with van der Waals surface area (Å²) in [6, 6.07) is 8.08. The van der Waals surface area contributed by atoms with Gasteiger partial charge in [-0.1, -0.05) is 23.2 Å². The van der Waals surface area contributed by atoms with Crippen LogP contribution in [0, 0.1) is 0 Å². The highest BCUT2D eigenvalue weighted by atomic mass is 79.9. The Labute approximate surface area is 134 Å². The molecule has 6 heteroatoms. The van der Waals surface area contributed by atoms with Crippen molar-refractivity contribution in [1.82, 2.24) is 0 Å². The second kappa shape index (κ2) is 6.04. The number of rotatable bonds is 3. The number of benzene rings is 2. The van der Waals surface area contributed by atoms with E-state index in [0.717, 1.165) is 0 Å². The van der Waals surface area contributed by atoms with E-state index < -0.39 is 0 Å². The number of halogens is 3. The first-order valence-electron chi connectivity index (χ1n) is 5.61. The van der Waals surface area contributed by atoms with Gasteiger partial charge in [0, 0.05) is 21.8 Å². The second-order valence-electron chi connectivity index (χ2n) is 4.10. The van der Waals surface area contributed by atoms with Crippen LogP contribution in [0.25, 0.3) is 0 Å². The standard InChI is InChI=1S/C14H10BrCl2NO2/c1-7(19)9-4-8(2-3-13(9)18)20-14-6-11(16)10(15)5-12(14)17/h2-6H,18H2,1H3. The molecule has 0 heterocycles. The highest BCUT2D eigenvalue weighted by molar-refractivity contribution is 9.10. The lowest BCUT2D eigenvalue weighted by atomic mass is 10.1. The maximum absolute atomic E-state index is 11.4. The van der Waals surface area contributed by atoms with Crippen molar-refractivity contribution in [3.63, 3.8) is 0 Å². The molecule has 2 aromatic carbocycles. The maximum Gasteiger partial charge on any atom is 0.162 e. The molecule has 0 fully saturated rings. The van der Waals surface area contributed by atoms with E-state index in [9.17, 15) is 4.79 Å². The highest BCUT2D eigenvalue weighted by Gasteiger charge is 2.10. The number of ether oxygens (including phenoxy) is 1. The van der Waals surface area contributed by atoms with Gasteiger partial charge in [0.2, 0.25) is 0 Å². The van der Waals surface area contributed by atoms with Crippen LogP contribution in [0.4, 0.5) is 5.69 Å². The summed E-state index contributed by atoms with van der Waals surface area (Å²) in [5, 5.41) is 0.883. The quantitative estimate of drug-likeness (QED) is 0.448. The Morgan fingerprint density at radius 3 is 2.55 bits per heavy atom. The summed E-state index contributed by atoms with van der Waals surface area (Å²) in [4.78, 5) is 11.4. The number of carbonyl (C=O) groups excluding carboxylic acids is 1. The first-order valence-corrected chi connectivity index (χ1v) is 7.16. The van der Waals surface area contributed by atoms with Crippen LogP contribution >= 0.6 is 39.1 Å². The van der Waals surface area contributed by atoms with Gasteiger partial charge < -0.3 is 10.5 Å². The largest absolute Gasteiger partial charge is 0.456 e. The van der Waals surface area contributed by atoms with Crippen molar-refractivity contribution in [3.05, 3.63) is 50.4 Å². The van der Waals surface area contributed by atoms with Gasteiger partial charge in [-0.15, -0.1) is 0 Å². The lowest BCUT2D eigenvalue weighted by molar-refractivity contribution is 0.101. The number of anilines is 1. The third kappa shape index (κ3) is 3.26. The van der Waals surface area contributed by atoms with E-state index in [2.05, 4.69) is 15.9 Å². The van der Waals surface area contributed by atoms with E-state index in [1.54, 1.807) is 30.3 Å². The number of ketones is 1. The number of nitrogen functional groups attached to an aromatic ring is 1. The lowest BCUT2D eigenvalue weighted by Gasteiger charge is -2.11. The highest BCUT2D eigenvalue weighted by Crippen LogP contribution is 2.37. The van der Waals surface area contributed by atoms with Crippen molar-refractivity contribution in [2.24, 2.45) is 0 Å². The van der Waals surface area contributed by atoms with Crippen molar-refractivity contribution in [1.29, 1.82) is 0 Å². The zero-order chi connectivity index (χ0) is 14.9. The van der Waals surface area contributed by atoms with E-state index >= 15 is 0 Å². The molecule has 0 atom stereocenters. The summed E-state index contributed by atoms with van der Waals surface area (Å²) in [5.74, 6) is 0.733. The molecule has 2 aromatic rings. The number of hydrogen-bond donors (Lipinski definition) is 1. The summed E-state index contributed by atoms with van der Waals surface area (Å²) in [6.45, 7) is 1.44. The van der Waals surface area contributed by atoms with Crippen LogP contribution in [0.2, 0.25) is 10.0 Å². The maximum atomic E-state index is 11.4. The molecule has 0 amide bonds. The molecular formula is C14H10BrCl2NO2. The monoisotopic (exact) mass is 373 g/mol. The average Bonchev–Trinajstić information content (AvgIpc) is 2.37. The van der Waals surface area contributed by atoms with Crippen LogP contribution in [-0.2, 0) is 0 Å². The minimum Gasteiger partial charge on any atom is -0.456 e. The molecule has 0 aliphatic rings. The topological polar surface area (TPSA) is 52.3 Å². The Hall–Kier alpha value is -1.23. The molecule has 0 aliphatic carbocycles. The Morgan fingerprint density at radius 2 is 1.90 bits per heavy atom. The first-order chi connectivity index (χ1) is 9.38. The van der Waals surface area contributed by atoms with E-state index in [-0.39, 0.29) is 5.78 Å². The minimum absolute atomic E-state index is 0.132. The van der Waals surface area contributed by atoms with Crippen molar-refractivity contribution >= 4 is 50.6 Å². The molecular weight excluding hydrogens is 365 g/mol. The zero-order valence-electron chi connectivity index (χ0n) is 10.4. The van der Waals surface area contributed by atoms with Crippen molar-refractivity contribution < 1.29 is 9.53 Å². The predicted octanol–water partition coefficient (Wildman–Crippen LogP) is 5.33. The number of hydrogen-bond acceptors (Lipinski definition) is 3. The van der Waals surface area contributed by atoms with Crippen molar-refractivity contribution in [2.45, 2.75) is 6.92 Å². The third-order valence-electron chi connectivity index (χ3n) is 2.61. The first kappa shape index (κ1) is 15.2. The van der Waals surface area contributed by atoms with Gasteiger partial charge >= 0.3 is 0 Å². The van der Waals surface area contributed by atoms with Gasteiger partial charge in [-0.3, -0.25) is 4.79 Å². The summed E-state index contributed by atoms with van der Waals surface area (Å²) < 4.78 is 6.32. The fourth-order valence-corrected chi connectivity index (χ4v) is 2.44. The Morgan fingerprint density at radius 1 is 1.20 bits per heavy atom. The van der Waals surface area contributed by atoms with Gasteiger partial charge in [-0.05, 0) is 47.1 Å². The molecule has 0 unspecified atom stereocenters. The molecule has 0 saturated heterocycles. The van der Waals surface area contributed by atoms with Gasteiger partial charge in [0.05, 0.1) is 10.0 Å². The molecule has 2 rings (SSSR count). The lowest BCUT2D eigenvalue weighted by Crippen LogP contribution is -1.99. The third-order valence-corrected chi connectivity index (χ3v) is 4.10. The van der Waals surface area contributed by atoms with Gasteiger partial charge in [0.15, 0.2) is 5.78 Å². The molecule has 0 saturated carbocycles. The van der Waals surface area contributed by atoms with Crippen LogP contribution < -0.4 is 10.5 Å². The Kier molecular flexibility index (Phi) is 4.58. The average molecular weight is 375 g/mol. The van der Waals surface area contributed by atoms with E-state index in [0.29, 0.717) is 37.3 Å². The van der Waals surface area contributed by atoms with E-state index in [1.165, 1.54) is 6.92 Å². The fraction of sp³-hybridized carbons (Fsp3) is 0.0714. The summed E-state index contributed by atoms with van der Waals surface area (Å²) in [5.41, 5.74) is 6.54. The number of Topliss-reactive ketones (excluding diaryl/α,β-unsaturated/α-hetero) is 1. The van der Waals surface area contributed by atoms with Gasteiger partial charge in [0.1, 0.15) is 11.5 Å². The number of carbonyl (C=O) groups is 1. The molecule has 2 N–H and O–H groups in total. The molecule has 0 aromatic heterocycles. The predicted molar refractivity (Wildman–Crippen MR) is 85.1 cm³/mol. The summed E-state index contributed by atoms with van der Waals surface area (Å²) >= 11 is 15.4. The molecule has 3 nitrogen and oxygen atoms in total. The Bertz CT molecular complexity index is 689. The SMILES string of the molecule is CC(=O)c1cc(Oc2cc(Cl)c(Br)cc2Cl)ccc1N. The molecule has 0 spiro atoms. The van der Waals surface area contributed by atoms with Crippen LogP contribution in [0.15, 0.2) is 34.8 Å². The summed E-state index contributed by atoms with van der Waals surface area (Å²) in [7, 11) is 0. The molecule has 104 valence electrons. The molecule has 0 radical (unpaired) electrons. The van der Waals surface area contributed by atoms with Crippen molar-refractivity contribution in [3.8, 4) is 11.5 Å². The van der Waals surface area contributed by atoms with Gasteiger partial charge in [-0.25, -0.2) is 0 Å². The molecule has 20 heavy (non-hydrogen) atoms. The van der Waals surface area contributed by atoms with Crippen molar-refractivity contribution in [2.75, 3.05) is 5.73 Å². The van der Waals surface area contributed by atoms with E-state index in [1.807, 2.05) is 0 Å². The second-order valence-corrected chi connectivity index (χ2v) is 5.77. The van der Waals surface area contributed by atoms with Gasteiger partial charge in [-0.2, -0.15) is 0 Å². The van der Waals surface area contributed by atoms with Crippen LogP contribution in [0.1, 0.15) is 17.3 Å². The normalized spacial score (nSPS) is 10.4. The number of nitrogens with two attached hydrogens (primary N) is 1. The zero-order valence-corrected chi connectivity index (χ0v) is 13.5. The van der Waals surface area contributed by atoms with Crippen LogP contribution in [0.3, 0.4) is 0 Å². The minimum atomic E-state index is -0.132. The smallest absolute Gasteiger partial charge is 0.162 e. The summed E-state index contributed by atoms with van der Waals surface area (Å²) in [6.07, 6.45) is 0. The molecule has 0 aliphatic heterocycles. The van der Waals surface area contributed by atoms with E-state index in [4.69, 9.17) is 33.7 Å². The van der Waals surface area contributed by atoms with Gasteiger partial charge in [0.25, 0.3) is 0 Å². The Balaban J connectivity index is 2.38. The van der Waals surface area contributed by atoms with Crippen LogP contribution in [0.5, 0.6) is 11.5 Å². The molecule has 0 bridgehead atoms.